The summed E-state index contributed by atoms with van der Waals surface area (Å²) in [5, 5.41) is 7.97. The molecule has 3 rings (SSSR count). The smallest absolute Gasteiger partial charge is 0.230 e. The minimum Gasteiger partial charge on any atom is -0.361 e. The molecule has 1 fully saturated rings. The van der Waals surface area contributed by atoms with Gasteiger partial charge in [0.15, 0.2) is 0 Å². The van der Waals surface area contributed by atoms with Crippen LogP contribution in [0, 0.1) is 6.92 Å². The van der Waals surface area contributed by atoms with Gasteiger partial charge in [0.25, 0.3) is 0 Å². The van der Waals surface area contributed by atoms with Crippen LogP contribution in [-0.4, -0.2) is 35.6 Å². The van der Waals surface area contributed by atoms with Crippen LogP contribution in [0.3, 0.4) is 0 Å². The third-order valence-electron chi connectivity index (χ3n) is 3.80. The second-order valence-corrected chi connectivity index (χ2v) is 5.95. The number of aromatic nitrogens is 1. The molecule has 1 atom stereocenters. The van der Waals surface area contributed by atoms with Crippen molar-refractivity contribution >= 4 is 17.5 Å². The maximum Gasteiger partial charge on any atom is 0.230 e. The molecule has 1 aromatic heterocycles. The summed E-state index contributed by atoms with van der Waals surface area (Å²) < 4.78 is 5.12. The van der Waals surface area contributed by atoms with Gasteiger partial charge in [0, 0.05) is 36.8 Å². The van der Waals surface area contributed by atoms with E-state index < -0.39 is 0 Å². The quantitative estimate of drug-likeness (QED) is 0.943. The summed E-state index contributed by atoms with van der Waals surface area (Å²) >= 11 is 5.92. The third-order valence-corrected chi connectivity index (χ3v) is 4.05. The Kier molecular flexibility index (Phi) is 4.45. The number of hydrogen-bond donors (Lipinski definition) is 1. The van der Waals surface area contributed by atoms with E-state index in [-0.39, 0.29) is 18.4 Å². The summed E-state index contributed by atoms with van der Waals surface area (Å²) in [6, 6.07) is 9.66. The molecule has 0 saturated carbocycles. The number of hydrogen-bond acceptors (Lipinski definition) is 4. The van der Waals surface area contributed by atoms with Crippen LogP contribution in [0.1, 0.15) is 23.1 Å². The van der Waals surface area contributed by atoms with Crippen LogP contribution in [0.5, 0.6) is 0 Å². The number of carbonyl (C=O) groups is 1. The Hall–Kier alpha value is -1.85. The lowest BCUT2D eigenvalue weighted by Gasteiger charge is -2.34. The Morgan fingerprint density at radius 2 is 2.23 bits per heavy atom. The van der Waals surface area contributed by atoms with Gasteiger partial charge < -0.3 is 14.7 Å². The molecule has 0 bridgehead atoms. The molecule has 1 amide bonds. The first-order chi connectivity index (χ1) is 10.6. The van der Waals surface area contributed by atoms with Crippen LogP contribution in [-0.2, 0) is 11.2 Å². The molecule has 2 aromatic rings. The van der Waals surface area contributed by atoms with Crippen LogP contribution >= 0.6 is 11.6 Å². The highest BCUT2D eigenvalue weighted by Crippen LogP contribution is 2.20. The predicted octanol–water partition coefficient (Wildman–Crippen LogP) is 2.35. The number of benzene rings is 1. The minimum atomic E-state index is 0.0663. The summed E-state index contributed by atoms with van der Waals surface area (Å²) in [6.07, 6.45) is 0.258. The molecule has 2 heterocycles. The first kappa shape index (κ1) is 15.1. The molecule has 116 valence electrons. The highest BCUT2D eigenvalue weighted by molar-refractivity contribution is 6.30. The van der Waals surface area contributed by atoms with E-state index in [1.807, 2.05) is 36.1 Å². The summed E-state index contributed by atoms with van der Waals surface area (Å²) in [5.74, 6) is 0.681. The highest BCUT2D eigenvalue weighted by atomic mass is 35.5. The molecule has 22 heavy (non-hydrogen) atoms. The van der Waals surface area contributed by atoms with Gasteiger partial charge in [-0.1, -0.05) is 28.9 Å². The molecule has 0 aliphatic carbocycles. The van der Waals surface area contributed by atoms with Gasteiger partial charge in [-0.2, -0.15) is 0 Å². The van der Waals surface area contributed by atoms with E-state index in [1.54, 1.807) is 6.07 Å². The summed E-state index contributed by atoms with van der Waals surface area (Å²) in [7, 11) is 0. The molecule has 1 aliphatic rings. The lowest BCUT2D eigenvalue weighted by Crippen LogP contribution is -2.48. The van der Waals surface area contributed by atoms with Crippen molar-refractivity contribution in [3.63, 3.8) is 0 Å². The average Bonchev–Trinajstić information content (AvgIpc) is 2.93. The van der Waals surface area contributed by atoms with Crippen molar-refractivity contribution in [1.82, 2.24) is 15.4 Å². The molecule has 0 spiro atoms. The summed E-state index contributed by atoms with van der Waals surface area (Å²) in [4.78, 5) is 14.3. The fraction of sp³-hybridized carbons (Fsp3) is 0.375. The lowest BCUT2D eigenvalue weighted by molar-refractivity contribution is -0.132. The zero-order chi connectivity index (χ0) is 15.5. The van der Waals surface area contributed by atoms with E-state index in [0.717, 1.165) is 17.8 Å². The molecular formula is C16H18ClN3O2. The zero-order valence-corrected chi connectivity index (χ0v) is 13.1. The minimum absolute atomic E-state index is 0.0663. The van der Waals surface area contributed by atoms with Crippen molar-refractivity contribution in [1.29, 1.82) is 0 Å². The van der Waals surface area contributed by atoms with Crippen LogP contribution in [0.15, 0.2) is 34.9 Å². The molecule has 1 aliphatic heterocycles. The molecule has 6 heteroatoms. The van der Waals surface area contributed by atoms with Gasteiger partial charge in [0.1, 0.15) is 5.76 Å². The van der Waals surface area contributed by atoms with Crippen molar-refractivity contribution in [2.24, 2.45) is 0 Å². The van der Waals surface area contributed by atoms with Crippen molar-refractivity contribution < 1.29 is 9.32 Å². The van der Waals surface area contributed by atoms with Gasteiger partial charge in [-0.05, 0) is 24.6 Å². The topological polar surface area (TPSA) is 58.4 Å². The van der Waals surface area contributed by atoms with E-state index in [0.29, 0.717) is 23.9 Å². The Balaban J connectivity index is 1.64. The normalized spacial score (nSPS) is 18.5. The molecule has 0 radical (unpaired) electrons. The second kappa shape index (κ2) is 6.50. The third kappa shape index (κ3) is 3.48. The fourth-order valence-corrected chi connectivity index (χ4v) is 2.78. The van der Waals surface area contributed by atoms with Crippen molar-refractivity contribution in [3.8, 4) is 0 Å². The van der Waals surface area contributed by atoms with Crippen LogP contribution in [0.25, 0.3) is 0 Å². The van der Waals surface area contributed by atoms with Gasteiger partial charge in [0.2, 0.25) is 5.91 Å². The number of amides is 1. The second-order valence-electron chi connectivity index (χ2n) is 5.51. The molecule has 5 nitrogen and oxygen atoms in total. The highest BCUT2D eigenvalue weighted by Gasteiger charge is 2.25. The number of nitrogens with zero attached hydrogens (tertiary/aromatic N) is 2. The Morgan fingerprint density at radius 1 is 1.45 bits per heavy atom. The maximum atomic E-state index is 12.4. The van der Waals surface area contributed by atoms with E-state index in [2.05, 4.69) is 10.5 Å². The summed E-state index contributed by atoms with van der Waals surface area (Å²) in [5.41, 5.74) is 1.93. The van der Waals surface area contributed by atoms with E-state index in [9.17, 15) is 4.79 Å². The van der Waals surface area contributed by atoms with Gasteiger partial charge >= 0.3 is 0 Å². The van der Waals surface area contributed by atoms with Crippen molar-refractivity contribution in [2.45, 2.75) is 19.4 Å². The molecule has 1 unspecified atom stereocenters. The number of aryl methyl sites for hydroxylation is 1. The van der Waals surface area contributed by atoms with Crippen LogP contribution in [0.2, 0.25) is 5.02 Å². The van der Waals surface area contributed by atoms with Crippen LogP contribution < -0.4 is 5.32 Å². The van der Waals surface area contributed by atoms with E-state index >= 15 is 0 Å². The maximum absolute atomic E-state index is 12.4. The van der Waals surface area contributed by atoms with E-state index in [1.165, 1.54) is 0 Å². The Bertz CT molecular complexity index is 654. The molecule has 1 N–H and O–H groups in total. The standard InChI is InChI=1S/C16H18ClN3O2/c1-11-8-14(22-19-11)9-16(21)20-7-6-18-15(10-20)12-2-4-13(17)5-3-12/h2-5,8,15,18H,6-7,9-10H2,1H3. The monoisotopic (exact) mass is 319 g/mol. The van der Waals surface area contributed by atoms with Gasteiger partial charge in [-0.3, -0.25) is 4.79 Å². The van der Waals surface area contributed by atoms with Crippen molar-refractivity contribution in [3.05, 3.63) is 52.4 Å². The first-order valence-electron chi connectivity index (χ1n) is 7.30. The van der Waals surface area contributed by atoms with Gasteiger partial charge in [-0.15, -0.1) is 0 Å². The number of nitrogens with one attached hydrogen (secondary N) is 1. The average molecular weight is 320 g/mol. The SMILES string of the molecule is Cc1cc(CC(=O)N2CCNC(c3ccc(Cl)cc3)C2)on1. The molecule has 1 aromatic carbocycles. The number of halogens is 1. The summed E-state index contributed by atoms with van der Waals surface area (Å²) in [6.45, 7) is 3.97. The van der Waals surface area contributed by atoms with Gasteiger partial charge in [0.05, 0.1) is 12.1 Å². The van der Waals surface area contributed by atoms with Crippen LogP contribution in [0.4, 0.5) is 0 Å². The van der Waals surface area contributed by atoms with E-state index in [4.69, 9.17) is 16.1 Å². The van der Waals surface area contributed by atoms with Crippen molar-refractivity contribution in [2.75, 3.05) is 19.6 Å². The molecular weight excluding hydrogens is 302 g/mol. The Labute approximate surface area is 134 Å². The lowest BCUT2D eigenvalue weighted by atomic mass is 10.0. The number of carbonyl (C=O) groups excluding carboxylic acids is 1. The fourth-order valence-electron chi connectivity index (χ4n) is 2.66. The number of rotatable bonds is 3. The van der Waals surface area contributed by atoms with Gasteiger partial charge in [-0.25, -0.2) is 0 Å². The molecule has 1 saturated heterocycles. The largest absolute Gasteiger partial charge is 0.361 e. The zero-order valence-electron chi connectivity index (χ0n) is 12.4. The predicted molar refractivity (Wildman–Crippen MR) is 83.7 cm³/mol. The number of piperazine rings is 1. The first-order valence-corrected chi connectivity index (χ1v) is 7.68. The Morgan fingerprint density at radius 3 is 2.91 bits per heavy atom.